The van der Waals surface area contributed by atoms with Gasteiger partial charge in [0.15, 0.2) is 0 Å². The van der Waals surface area contributed by atoms with Gasteiger partial charge in [-0.2, -0.15) is 0 Å². The molecule has 2 aliphatic rings. The van der Waals surface area contributed by atoms with E-state index in [1.165, 1.54) is 18.7 Å². The molecule has 7 nitrogen and oxygen atoms in total. The summed E-state index contributed by atoms with van der Waals surface area (Å²) in [7, 11) is 3.19. The van der Waals surface area contributed by atoms with Crippen molar-refractivity contribution < 1.29 is 14.3 Å². The van der Waals surface area contributed by atoms with E-state index in [4.69, 9.17) is 9.47 Å². The molecule has 1 amide bonds. The zero-order chi connectivity index (χ0) is 21.1. The number of carbonyl (C=O) groups is 1. The van der Waals surface area contributed by atoms with Gasteiger partial charge in [-0.3, -0.25) is 14.5 Å². The Morgan fingerprint density at radius 1 is 1.00 bits per heavy atom. The van der Waals surface area contributed by atoms with Crippen LogP contribution in [0.3, 0.4) is 0 Å². The van der Waals surface area contributed by atoms with E-state index >= 15 is 0 Å². The highest BCUT2D eigenvalue weighted by atomic mass is 16.5. The molecule has 0 unspecified atom stereocenters. The van der Waals surface area contributed by atoms with Crippen molar-refractivity contribution in [3.8, 4) is 11.5 Å². The molecule has 30 heavy (non-hydrogen) atoms. The molecule has 0 radical (unpaired) electrons. The first-order chi connectivity index (χ1) is 14.6. The number of aromatic nitrogens is 1. The number of methoxy groups -OCH3 is 2. The summed E-state index contributed by atoms with van der Waals surface area (Å²) in [5.41, 5.74) is 2.41. The molecule has 1 saturated heterocycles. The molecule has 0 saturated carbocycles. The molecule has 0 bridgehead atoms. The van der Waals surface area contributed by atoms with Gasteiger partial charge < -0.3 is 18.9 Å². The fourth-order valence-electron chi connectivity index (χ4n) is 4.45. The quantitative estimate of drug-likeness (QED) is 0.755. The SMILES string of the molecule is COc1cccc(CN2CCc3c(C(=O)N4CCCC4)c(OC)cc(=O)n3CC2)c1. The molecule has 1 aromatic carbocycles. The summed E-state index contributed by atoms with van der Waals surface area (Å²) in [5, 5.41) is 0. The summed E-state index contributed by atoms with van der Waals surface area (Å²) in [6.45, 7) is 4.37. The monoisotopic (exact) mass is 411 g/mol. The van der Waals surface area contributed by atoms with Crippen LogP contribution in [0.5, 0.6) is 11.5 Å². The highest BCUT2D eigenvalue weighted by Gasteiger charge is 2.29. The van der Waals surface area contributed by atoms with E-state index in [1.807, 2.05) is 23.1 Å². The van der Waals surface area contributed by atoms with Crippen LogP contribution >= 0.6 is 0 Å². The molecule has 0 atom stereocenters. The Kier molecular flexibility index (Phi) is 6.08. The molecule has 2 aromatic rings. The molecule has 0 aliphatic carbocycles. The Morgan fingerprint density at radius 2 is 1.80 bits per heavy atom. The van der Waals surface area contributed by atoms with Gasteiger partial charge >= 0.3 is 0 Å². The van der Waals surface area contributed by atoms with Gasteiger partial charge in [-0.1, -0.05) is 12.1 Å². The lowest BCUT2D eigenvalue weighted by Crippen LogP contribution is -2.33. The second-order valence-electron chi connectivity index (χ2n) is 7.90. The number of benzene rings is 1. The van der Waals surface area contributed by atoms with Crippen LogP contribution in [-0.4, -0.2) is 60.7 Å². The Morgan fingerprint density at radius 3 is 2.53 bits per heavy atom. The fraction of sp³-hybridized carbons (Fsp3) is 0.478. The van der Waals surface area contributed by atoms with E-state index in [-0.39, 0.29) is 11.5 Å². The largest absolute Gasteiger partial charge is 0.497 e. The molecular weight excluding hydrogens is 382 g/mol. The van der Waals surface area contributed by atoms with E-state index in [9.17, 15) is 9.59 Å². The van der Waals surface area contributed by atoms with Crippen LogP contribution in [0.2, 0.25) is 0 Å². The number of nitrogens with zero attached hydrogens (tertiary/aromatic N) is 3. The fourth-order valence-corrected chi connectivity index (χ4v) is 4.45. The number of ether oxygens (including phenoxy) is 2. The van der Waals surface area contributed by atoms with Crippen LogP contribution < -0.4 is 15.0 Å². The molecule has 1 aromatic heterocycles. The van der Waals surface area contributed by atoms with Gasteiger partial charge in [0.2, 0.25) is 0 Å². The number of hydrogen-bond donors (Lipinski definition) is 0. The summed E-state index contributed by atoms with van der Waals surface area (Å²) in [5.74, 6) is 1.21. The maximum atomic E-state index is 13.3. The smallest absolute Gasteiger partial charge is 0.259 e. The maximum absolute atomic E-state index is 13.3. The summed E-state index contributed by atoms with van der Waals surface area (Å²) >= 11 is 0. The van der Waals surface area contributed by atoms with Crippen molar-refractivity contribution in [3.05, 3.63) is 57.5 Å². The summed E-state index contributed by atoms with van der Waals surface area (Å²) in [6.07, 6.45) is 2.68. The van der Waals surface area contributed by atoms with Crippen molar-refractivity contribution in [1.29, 1.82) is 0 Å². The maximum Gasteiger partial charge on any atom is 0.259 e. The first-order valence-corrected chi connectivity index (χ1v) is 10.6. The van der Waals surface area contributed by atoms with E-state index in [2.05, 4.69) is 11.0 Å². The second-order valence-corrected chi connectivity index (χ2v) is 7.90. The van der Waals surface area contributed by atoms with Crippen molar-refractivity contribution in [2.45, 2.75) is 32.4 Å². The van der Waals surface area contributed by atoms with Gasteiger partial charge in [0.05, 0.1) is 14.2 Å². The lowest BCUT2D eigenvalue weighted by Gasteiger charge is -2.21. The molecule has 3 heterocycles. The van der Waals surface area contributed by atoms with Gasteiger partial charge in [0.1, 0.15) is 17.1 Å². The lowest BCUT2D eigenvalue weighted by molar-refractivity contribution is 0.0787. The number of rotatable bonds is 5. The number of carbonyl (C=O) groups excluding carboxylic acids is 1. The van der Waals surface area contributed by atoms with E-state index < -0.39 is 0 Å². The van der Waals surface area contributed by atoms with Crippen molar-refractivity contribution in [1.82, 2.24) is 14.4 Å². The molecule has 7 heteroatoms. The minimum Gasteiger partial charge on any atom is -0.497 e. The van der Waals surface area contributed by atoms with Crippen LogP contribution in [0.1, 0.15) is 34.5 Å². The highest BCUT2D eigenvalue weighted by Crippen LogP contribution is 2.26. The normalized spacial score (nSPS) is 16.8. The topological polar surface area (TPSA) is 64.0 Å². The first kappa shape index (κ1) is 20.5. The minimum absolute atomic E-state index is 0.0191. The van der Waals surface area contributed by atoms with E-state index in [0.717, 1.165) is 57.0 Å². The van der Waals surface area contributed by atoms with Gasteiger partial charge in [-0.25, -0.2) is 0 Å². The summed E-state index contributed by atoms with van der Waals surface area (Å²) in [6, 6.07) is 9.50. The first-order valence-electron chi connectivity index (χ1n) is 10.6. The van der Waals surface area contributed by atoms with Crippen molar-refractivity contribution in [3.63, 3.8) is 0 Å². The molecule has 4 rings (SSSR count). The van der Waals surface area contributed by atoms with E-state index in [0.29, 0.717) is 24.3 Å². The zero-order valence-electron chi connectivity index (χ0n) is 17.7. The van der Waals surface area contributed by atoms with Crippen LogP contribution in [0.4, 0.5) is 0 Å². The highest BCUT2D eigenvalue weighted by molar-refractivity contribution is 5.98. The molecule has 160 valence electrons. The van der Waals surface area contributed by atoms with Gasteiger partial charge in [-0.05, 0) is 30.5 Å². The Hall–Kier alpha value is -2.80. The molecule has 0 N–H and O–H groups in total. The van der Waals surface area contributed by atoms with Gasteiger partial charge in [0.25, 0.3) is 11.5 Å². The van der Waals surface area contributed by atoms with Gasteiger partial charge in [-0.15, -0.1) is 0 Å². The molecule has 0 spiro atoms. The number of likely N-dealkylation sites (tertiary alicyclic amines) is 1. The Bertz CT molecular complexity index is 979. The number of amides is 1. The van der Waals surface area contributed by atoms with Crippen LogP contribution in [0, 0.1) is 0 Å². The summed E-state index contributed by atoms with van der Waals surface area (Å²) in [4.78, 5) is 30.2. The van der Waals surface area contributed by atoms with Crippen LogP contribution in [-0.2, 0) is 19.5 Å². The third-order valence-electron chi connectivity index (χ3n) is 6.05. The van der Waals surface area contributed by atoms with Crippen molar-refractivity contribution >= 4 is 5.91 Å². The lowest BCUT2D eigenvalue weighted by atomic mass is 10.1. The van der Waals surface area contributed by atoms with Crippen molar-refractivity contribution in [2.75, 3.05) is 40.4 Å². The number of pyridine rings is 1. The average molecular weight is 412 g/mol. The van der Waals surface area contributed by atoms with Crippen LogP contribution in [0.25, 0.3) is 0 Å². The van der Waals surface area contributed by atoms with Crippen LogP contribution in [0.15, 0.2) is 35.1 Å². The number of hydrogen-bond acceptors (Lipinski definition) is 5. The van der Waals surface area contributed by atoms with E-state index in [1.54, 1.807) is 11.7 Å². The molecule has 1 fully saturated rings. The predicted molar refractivity (Wildman–Crippen MR) is 114 cm³/mol. The predicted octanol–water partition coefficient (Wildman–Crippen LogP) is 2.16. The minimum atomic E-state index is -0.108. The molecular formula is C23H29N3O4. The van der Waals surface area contributed by atoms with Gasteiger partial charge in [0, 0.05) is 57.4 Å². The second kappa shape index (κ2) is 8.92. The number of fused-ring (bicyclic) bond motifs is 1. The average Bonchev–Trinajstić information content (AvgIpc) is 3.22. The standard InChI is InChI=1S/C23H29N3O4/c1-29-18-7-5-6-17(14-18)16-24-11-8-19-22(23(28)25-9-3-4-10-25)20(30-2)15-21(27)26(19)13-12-24/h5-7,14-15H,3-4,8-13,16H2,1-2H3. The Balaban J connectivity index is 1.61. The zero-order valence-corrected chi connectivity index (χ0v) is 17.7. The van der Waals surface area contributed by atoms with Crippen molar-refractivity contribution in [2.24, 2.45) is 0 Å². The third-order valence-corrected chi connectivity index (χ3v) is 6.05. The third kappa shape index (κ3) is 4.07. The summed E-state index contributed by atoms with van der Waals surface area (Å²) < 4.78 is 12.6. The Labute approximate surface area is 176 Å². The molecule has 2 aliphatic heterocycles.